The number of thiophene rings is 1. The van der Waals surface area contributed by atoms with E-state index in [9.17, 15) is 0 Å². The fourth-order valence-corrected chi connectivity index (χ4v) is 2.80. The van der Waals surface area contributed by atoms with Crippen molar-refractivity contribution >= 4 is 11.3 Å². The van der Waals surface area contributed by atoms with Crippen molar-refractivity contribution in [3.8, 4) is 0 Å². The highest BCUT2D eigenvalue weighted by molar-refractivity contribution is 7.10. The normalized spacial score (nSPS) is 12.9. The molecule has 2 rings (SSSR count). The molecule has 0 aromatic carbocycles. The minimum absolute atomic E-state index is 0.413. The maximum atomic E-state index is 5.72. The lowest BCUT2D eigenvalue weighted by Gasteiger charge is -2.24. The van der Waals surface area contributed by atoms with Gasteiger partial charge in [-0.05, 0) is 37.0 Å². The largest absolute Gasteiger partial charge is 0.325 e. The Hall–Kier alpha value is -1.23. The first kappa shape index (κ1) is 13.2. The second kappa shape index (κ2) is 6.09. The molecule has 0 saturated carbocycles. The molecule has 0 fully saturated rings. The van der Waals surface area contributed by atoms with Crippen molar-refractivity contribution in [2.75, 3.05) is 7.05 Å². The highest BCUT2D eigenvalue weighted by Crippen LogP contribution is 2.24. The van der Waals surface area contributed by atoms with Crippen molar-refractivity contribution in [1.29, 1.82) is 0 Å². The van der Waals surface area contributed by atoms with Crippen LogP contribution in [0.15, 0.2) is 35.8 Å². The summed E-state index contributed by atoms with van der Waals surface area (Å²) in [6.45, 7) is 3.60. The summed E-state index contributed by atoms with van der Waals surface area (Å²) in [6, 6.07) is 8.76. The Labute approximate surface area is 112 Å². The van der Waals surface area contributed by atoms with E-state index in [-0.39, 0.29) is 0 Å². The van der Waals surface area contributed by atoms with Crippen molar-refractivity contribution in [1.82, 2.24) is 9.88 Å². The third-order valence-corrected chi connectivity index (χ3v) is 4.26. The summed E-state index contributed by atoms with van der Waals surface area (Å²) >= 11 is 1.80. The molecule has 4 heteroatoms. The molecule has 0 aliphatic carbocycles. The van der Waals surface area contributed by atoms with Crippen LogP contribution in [0.4, 0.5) is 0 Å². The first-order chi connectivity index (χ1) is 8.72. The summed E-state index contributed by atoms with van der Waals surface area (Å²) in [5, 5.41) is 2.12. The van der Waals surface area contributed by atoms with Crippen LogP contribution in [0.5, 0.6) is 0 Å². The monoisotopic (exact) mass is 261 g/mol. The second-order valence-corrected chi connectivity index (χ2v) is 5.40. The third kappa shape index (κ3) is 2.96. The average molecular weight is 261 g/mol. The summed E-state index contributed by atoms with van der Waals surface area (Å²) in [7, 11) is 2.14. The molecule has 0 radical (unpaired) electrons. The molecule has 3 nitrogen and oxygen atoms in total. The maximum absolute atomic E-state index is 5.72. The second-order valence-electron chi connectivity index (χ2n) is 4.42. The molecule has 2 aromatic rings. The van der Waals surface area contributed by atoms with E-state index in [1.165, 1.54) is 10.4 Å². The summed E-state index contributed by atoms with van der Waals surface area (Å²) in [5.41, 5.74) is 7.92. The third-order valence-electron chi connectivity index (χ3n) is 3.21. The van der Waals surface area contributed by atoms with E-state index in [0.717, 1.165) is 12.2 Å². The summed E-state index contributed by atoms with van der Waals surface area (Å²) in [4.78, 5) is 8.03. The molecular formula is C14H19N3S. The van der Waals surface area contributed by atoms with E-state index in [1.807, 2.05) is 6.07 Å². The van der Waals surface area contributed by atoms with Crippen LogP contribution >= 0.6 is 11.3 Å². The average Bonchev–Trinajstić information content (AvgIpc) is 2.92. The minimum atomic E-state index is 0.413. The predicted octanol–water partition coefficient (Wildman–Crippen LogP) is 2.79. The Kier molecular flexibility index (Phi) is 4.47. The van der Waals surface area contributed by atoms with Crippen molar-refractivity contribution in [2.24, 2.45) is 5.73 Å². The summed E-state index contributed by atoms with van der Waals surface area (Å²) in [6.07, 6.45) is 1.80. The van der Waals surface area contributed by atoms with Gasteiger partial charge < -0.3 is 5.73 Å². The predicted molar refractivity (Wildman–Crippen MR) is 76.3 cm³/mol. The van der Waals surface area contributed by atoms with Gasteiger partial charge in [-0.3, -0.25) is 9.88 Å². The number of pyridine rings is 1. The molecule has 2 heterocycles. The van der Waals surface area contributed by atoms with Gasteiger partial charge >= 0.3 is 0 Å². The highest BCUT2D eigenvalue weighted by atomic mass is 32.1. The van der Waals surface area contributed by atoms with Crippen LogP contribution < -0.4 is 5.73 Å². The Balaban J connectivity index is 2.09. The van der Waals surface area contributed by atoms with Crippen LogP contribution in [0.2, 0.25) is 0 Å². The van der Waals surface area contributed by atoms with Gasteiger partial charge in [0.05, 0.1) is 5.69 Å². The zero-order valence-electron chi connectivity index (χ0n) is 10.8. The number of nitrogens with two attached hydrogens (primary N) is 1. The lowest BCUT2D eigenvalue weighted by Crippen LogP contribution is -2.22. The van der Waals surface area contributed by atoms with E-state index >= 15 is 0 Å². The molecule has 18 heavy (non-hydrogen) atoms. The lowest BCUT2D eigenvalue weighted by atomic mass is 10.1. The van der Waals surface area contributed by atoms with E-state index < -0.39 is 0 Å². The quantitative estimate of drug-likeness (QED) is 0.900. The molecule has 0 aliphatic rings. The topological polar surface area (TPSA) is 42.2 Å². The molecule has 0 amide bonds. The van der Waals surface area contributed by atoms with Crippen molar-refractivity contribution < 1.29 is 0 Å². The maximum Gasteiger partial charge on any atom is 0.0584 e. The first-order valence-electron chi connectivity index (χ1n) is 6.09. The molecule has 96 valence electrons. The Morgan fingerprint density at radius 3 is 2.89 bits per heavy atom. The van der Waals surface area contributed by atoms with Gasteiger partial charge in [0.15, 0.2) is 0 Å². The zero-order chi connectivity index (χ0) is 13.0. The Morgan fingerprint density at radius 2 is 2.22 bits per heavy atom. The molecule has 2 aromatic heterocycles. The molecule has 1 unspecified atom stereocenters. The molecular weight excluding hydrogens is 242 g/mol. The first-order valence-corrected chi connectivity index (χ1v) is 6.96. The number of aromatic nitrogens is 1. The number of hydrogen-bond acceptors (Lipinski definition) is 4. The minimum Gasteiger partial charge on any atom is -0.325 e. The molecule has 2 N–H and O–H groups in total. The number of hydrogen-bond donors (Lipinski definition) is 1. The lowest BCUT2D eigenvalue weighted by molar-refractivity contribution is 0.255. The van der Waals surface area contributed by atoms with Crippen LogP contribution in [0.3, 0.4) is 0 Å². The fourth-order valence-electron chi connectivity index (χ4n) is 1.95. The van der Waals surface area contributed by atoms with E-state index in [2.05, 4.69) is 47.4 Å². The van der Waals surface area contributed by atoms with Gasteiger partial charge in [0, 0.05) is 30.2 Å². The van der Waals surface area contributed by atoms with Gasteiger partial charge in [0.25, 0.3) is 0 Å². The molecule has 0 saturated heterocycles. The van der Waals surface area contributed by atoms with Crippen molar-refractivity contribution in [3.63, 3.8) is 0 Å². The smallest absolute Gasteiger partial charge is 0.0584 e. The van der Waals surface area contributed by atoms with Gasteiger partial charge in [0.2, 0.25) is 0 Å². The number of rotatable bonds is 5. The Bertz CT molecular complexity index is 482. The van der Waals surface area contributed by atoms with Crippen LogP contribution in [0.1, 0.15) is 29.1 Å². The van der Waals surface area contributed by atoms with Crippen LogP contribution in [0, 0.1) is 0 Å². The van der Waals surface area contributed by atoms with Gasteiger partial charge in [-0.25, -0.2) is 0 Å². The Morgan fingerprint density at radius 1 is 1.39 bits per heavy atom. The molecule has 1 atom stereocenters. The van der Waals surface area contributed by atoms with Crippen LogP contribution in [0.25, 0.3) is 0 Å². The highest BCUT2D eigenvalue weighted by Gasteiger charge is 2.14. The van der Waals surface area contributed by atoms with Crippen molar-refractivity contribution in [3.05, 3.63) is 52.0 Å². The van der Waals surface area contributed by atoms with E-state index in [0.29, 0.717) is 12.6 Å². The molecule has 0 spiro atoms. The van der Waals surface area contributed by atoms with Gasteiger partial charge in [-0.15, -0.1) is 11.3 Å². The summed E-state index contributed by atoms with van der Waals surface area (Å²) in [5.74, 6) is 0. The molecule has 0 bridgehead atoms. The fraction of sp³-hybridized carbons (Fsp3) is 0.357. The van der Waals surface area contributed by atoms with E-state index in [1.54, 1.807) is 17.5 Å². The van der Waals surface area contributed by atoms with Crippen LogP contribution in [-0.4, -0.2) is 16.9 Å². The standard InChI is InChI=1S/C14H19N3S/c1-11(14-6-4-8-18-14)17(2)10-12-5-3-7-16-13(12)9-15/h3-8,11H,9-10,15H2,1-2H3. The van der Waals surface area contributed by atoms with Gasteiger partial charge in [-0.2, -0.15) is 0 Å². The van der Waals surface area contributed by atoms with Crippen LogP contribution in [-0.2, 0) is 13.1 Å². The number of nitrogens with zero attached hydrogens (tertiary/aromatic N) is 2. The SMILES string of the molecule is CC(c1cccs1)N(C)Cc1cccnc1CN. The van der Waals surface area contributed by atoms with Gasteiger partial charge in [0.1, 0.15) is 0 Å². The van der Waals surface area contributed by atoms with E-state index in [4.69, 9.17) is 5.73 Å². The molecule has 0 aliphatic heterocycles. The zero-order valence-corrected chi connectivity index (χ0v) is 11.7. The van der Waals surface area contributed by atoms with Gasteiger partial charge in [-0.1, -0.05) is 12.1 Å². The summed E-state index contributed by atoms with van der Waals surface area (Å²) < 4.78 is 0. The van der Waals surface area contributed by atoms with Crippen molar-refractivity contribution in [2.45, 2.75) is 26.1 Å².